The number of para-hydroxylation sites is 1. The van der Waals surface area contributed by atoms with Crippen molar-refractivity contribution in [3.63, 3.8) is 0 Å². The molecule has 6 nitrogen and oxygen atoms in total. The number of carbonyl (C=O) groups is 3. The first-order valence-corrected chi connectivity index (χ1v) is 14.4. The first kappa shape index (κ1) is 26.9. The Bertz CT molecular complexity index is 1460. The number of rotatable bonds is 6. The van der Waals surface area contributed by atoms with Crippen LogP contribution in [0, 0.1) is 5.92 Å². The quantitative estimate of drug-likeness (QED) is 0.299. The van der Waals surface area contributed by atoms with Crippen LogP contribution in [0.2, 0.25) is 10.0 Å². The third kappa shape index (κ3) is 5.37. The van der Waals surface area contributed by atoms with E-state index in [1.165, 1.54) is 4.90 Å². The third-order valence-corrected chi connectivity index (χ3v) is 8.83. The minimum Gasteiger partial charge on any atom is -0.341 e. The largest absolute Gasteiger partial charge is 0.341 e. The molecular formula is C29H29Cl2N3O3S. The van der Waals surface area contributed by atoms with Crippen molar-refractivity contribution < 1.29 is 14.4 Å². The number of aromatic nitrogens is 1. The molecule has 3 amide bonds. The van der Waals surface area contributed by atoms with Crippen LogP contribution in [-0.4, -0.2) is 44.5 Å². The highest BCUT2D eigenvalue weighted by Gasteiger charge is 2.35. The molecule has 38 heavy (non-hydrogen) atoms. The molecule has 2 fully saturated rings. The summed E-state index contributed by atoms with van der Waals surface area (Å²) in [4.78, 5) is 42.7. The minimum absolute atomic E-state index is 0.0721. The maximum atomic E-state index is 13.3. The number of benzene rings is 2. The molecule has 0 spiro atoms. The number of amides is 3. The number of imide groups is 1. The van der Waals surface area contributed by atoms with E-state index in [1.54, 1.807) is 24.3 Å². The zero-order chi connectivity index (χ0) is 27.0. The number of carbonyl (C=O) groups excluding carboxylic acids is 3. The number of halogens is 2. The maximum absolute atomic E-state index is 13.3. The average molecular weight is 571 g/mol. The molecule has 1 aromatic heterocycles. The molecule has 0 unspecified atom stereocenters. The molecule has 0 bridgehead atoms. The lowest BCUT2D eigenvalue weighted by atomic mass is 9.99. The zero-order valence-electron chi connectivity index (χ0n) is 21.4. The smallest absolute Gasteiger partial charge is 0.293 e. The topological polar surface area (TPSA) is 62.6 Å². The van der Waals surface area contributed by atoms with Crippen molar-refractivity contribution in [1.82, 2.24) is 14.4 Å². The van der Waals surface area contributed by atoms with Crippen molar-refractivity contribution in [2.24, 2.45) is 5.92 Å². The van der Waals surface area contributed by atoms with Gasteiger partial charge in [0.2, 0.25) is 5.91 Å². The Morgan fingerprint density at radius 3 is 2.58 bits per heavy atom. The van der Waals surface area contributed by atoms with E-state index in [0.29, 0.717) is 26.4 Å². The van der Waals surface area contributed by atoms with Crippen LogP contribution in [0.5, 0.6) is 0 Å². The molecule has 2 aliphatic heterocycles. The summed E-state index contributed by atoms with van der Waals surface area (Å²) in [5, 5.41) is 1.50. The van der Waals surface area contributed by atoms with E-state index >= 15 is 0 Å². The van der Waals surface area contributed by atoms with Crippen LogP contribution in [0.25, 0.3) is 17.0 Å². The fourth-order valence-electron chi connectivity index (χ4n) is 5.09. The van der Waals surface area contributed by atoms with Crippen molar-refractivity contribution >= 4 is 69.0 Å². The Morgan fingerprint density at radius 1 is 1.11 bits per heavy atom. The summed E-state index contributed by atoms with van der Waals surface area (Å²) < 4.78 is 2.00. The Labute approximate surface area is 236 Å². The highest BCUT2D eigenvalue weighted by Crippen LogP contribution is 2.36. The van der Waals surface area contributed by atoms with E-state index in [-0.39, 0.29) is 30.1 Å². The Kier molecular flexibility index (Phi) is 7.89. The predicted molar refractivity (Wildman–Crippen MR) is 154 cm³/mol. The summed E-state index contributed by atoms with van der Waals surface area (Å²) in [6, 6.07) is 11.1. The Morgan fingerprint density at radius 2 is 1.87 bits per heavy atom. The molecule has 0 atom stereocenters. The Hall–Kier alpha value is -2.74. The van der Waals surface area contributed by atoms with Gasteiger partial charge in [-0.2, -0.15) is 0 Å². The monoisotopic (exact) mass is 569 g/mol. The highest BCUT2D eigenvalue weighted by atomic mass is 35.5. The molecule has 2 saturated heterocycles. The van der Waals surface area contributed by atoms with E-state index in [1.807, 2.05) is 27.8 Å². The average Bonchev–Trinajstić information content (AvgIpc) is 3.37. The fourth-order valence-corrected chi connectivity index (χ4v) is 6.39. The number of fused-ring (bicyclic) bond motifs is 1. The van der Waals surface area contributed by atoms with Crippen LogP contribution in [0.1, 0.15) is 43.4 Å². The van der Waals surface area contributed by atoms with E-state index in [9.17, 15) is 14.4 Å². The summed E-state index contributed by atoms with van der Waals surface area (Å²) in [6.07, 6.45) is 6.56. The SMILES string of the molecule is CCc1cccc2c(/C=C3\SC(=O)N(Cc4ccc(Cl)cc4Cl)C3=O)cn(CC(=O)N3CCC(C)CC3)c12. The number of thioether (sulfide) groups is 1. The van der Waals surface area contributed by atoms with Gasteiger partial charge in [0.05, 0.1) is 17.0 Å². The molecule has 2 aliphatic rings. The molecule has 0 saturated carbocycles. The van der Waals surface area contributed by atoms with Crippen LogP contribution in [0.3, 0.4) is 0 Å². The number of hydrogen-bond acceptors (Lipinski definition) is 4. The summed E-state index contributed by atoms with van der Waals surface area (Å²) in [5.41, 5.74) is 3.58. The lowest BCUT2D eigenvalue weighted by molar-refractivity contribution is -0.133. The van der Waals surface area contributed by atoms with Crippen molar-refractivity contribution in [2.45, 2.75) is 46.2 Å². The molecule has 3 aromatic rings. The number of aryl methyl sites for hydroxylation is 1. The molecule has 0 aliphatic carbocycles. The zero-order valence-corrected chi connectivity index (χ0v) is 23.7. The summed E-state index contributed by atoms with van der Waals surface area (Å²) in [7, 11) is 0. The number of piperidine rings is 1. The van der Waals surface area contributed by atoms with Gasteiger partial charge in [-0.3, -0.25) is 19.3 Å². The van der Waals surface area contributed by atoms with Crippen LogP contribution in [0.4, 0.5) is 4.79 Å². The van der Waals surface area contributed by atoms with E-state index in [0.717, 1.165) is 66.1 Å². The first-order valence-electron chi connectivity index (χ1n) is 12.8. The predicted octanol–water partition coefficient (Wildman–Crippen LogP) is 7.01. The molecule has 3 heterocycles. The van der Waals surface area contributed by atoms with E-state index in [4.69, 9.17) is 23.2 Å². The van der Waals surface area contributed by atoms with Gasteiger partial charge in [0.25, 0.3) is 11.1 Å². The number of likely N-dealkylation sites (tertiary alicyclic amines) is 1. The second-order valence-corrected chi connectivity index (χ2v) is 11.8. The van der Waals surface area contributed by atoms with Crippen LogP contribution < -0.4 is 0 Å². The standard InChI is InChI=1S/C29H29Cl2N3O3S/c1-3-19-5-4-6-23-21(15-33(27(19)23)17-26(35)32-11-9-18(2)10-12-32)13-25-28(36)34(29(37)38-25)16-20-7-8-22(30)14-24(20)31/h4-8,13-15,18H,3,9-12,16-17H2,1-2H3/b25-13-. The van der Waals surface area contributed by atoms with Gasteiger partial charge >= 0.3 is 0 Å². The molecule has 0 radical (unpaired) electrons. The number of hydrogen-bond donors (Lipinski definition) is 0. The summed E-state index contributed by atoms with van der Waals surface area (Å²) in [5.74, 6) is 0.388. The van der Waals surface area contributed by atoms with Crippen molar-refractivity contribution in [3.05, 3.63) is 74.2 Å². The van der Waals surface area contributed by atoms with Gasteiger partial charge in [0.15, 0.2) is 0 Å². The second-order valence-electron chi connectivity index (χ2n) is 9.95. The highest BCUT2D eigenvalue weighted by molar-refractivity contribution is 8.18. The van der Waals surface area contributed by atoms with Gasteiger partial charge in [0.1, 0.15) is 6.54 Å². The molecular weight excluding hydrogens is 541 g/mol. The van der Waals surface area contributed by atoms with Gasteiger partial charge in [-0.05, 0) is 66.3 Å². The molecule has 198 valence electrons. The lowest BCUT2D eigenvalue weighted by Crippen LogP contribution is -2.39. The van der Waals surface area contributed by atoms with Crippen LogP contribution in [0.15, 0.2) is 47.5 Å². The van der Waals surface area contributed by atoms with Crippen molar-refractivity contribution in [2.75, 3.05) is 13.1 Å². The summed E-state index contributed by atoms with van der Waals surface area (Å²) in [6.45, 7) is 6.21. The Balaban J connectivity index is 1.44. The third-order valence-electron chi connectivity index (χ3n) is 7.34. The molecule has 2 aromatic carbocycles. The van der Waals surface area contributed by atoms with Crippen LogP contribution >= 0.6 is 35.0 Å². The lowest BCUT2D eigenvalue weighted by Gasteiger charge is -2.30. The van der Waals surface area contributed by atoms with Gasteiger partial charge in [0, 0.05) is 40.3 Å². The minimum atomic E-state index is -0.364. The second kappa shape index (κ2) is 11.2. The van der Waals surface area contributed by atoms with Gasteiger partial charge < -0.3 is 9.47 Å². The van der Waals surface area contributed by atoms with E-state index < -0.39 is 0 Å². The van der Waals surface area contributed by atoms with Gasteiger partial charge in [-0.25, -0.2) is 0 Å². The number of nitrogens with zero attached hydrogens (tertiary/aromatic N) is 3. The summed E-state index contributed by atoms with van der Waals surface area (Å²) >= 11 is 13.2. The van der Waals surface area contributed by atoms with Crippen molar-refractivity contribution in [3.8, 4) is 0 Å². The normalized spacial score (nSPS) is 17.8. The molecule has 9 heteroatoms. The fraction of sp³-hybridized carbons (Fsp3) is 0.345. The van der Waals surface area contributed by atoms with Crippen LogP contribution in [-0.2, 0) is 29.1 Å². The van der Waals surface area contributed by atoms with Crippen molar-refractivity contribution in [1.29, 1.82) is 0 Å². The van der Waals surface area contributed by atoms with Gasteiger partial charge in [-0.1, -0.05) is 61.3 Å². The molecule has 5 rings (SSSR count). The van der Waals surface area contributed by atoms with Gasteiger partial charge in [-0.15, -0.1) is 0 Å². The maximum Gasteiger partial charge on any atom is 0.293 e. The first-order chi connectivity index (χ1) is 18.2. The molecule has 0 N–H and O–H groups in total. The van der Waals surface area contributed by atoms with E-state index in [2.05, 4.69) is 19.9 Å².